The molecule has 0 saturated carbocycles. The molecule has 0 radical (unpaired) electrons. The number of rotatable bonds is 31. The highest BCUT2D eigenvalue weighted by atomic mass is 32.2. The Morgan fingerprint density at radius 3 is 1.67 bits per heavy atom. The molecule has 0 fully saturated rings. The Morgan fingerprint density at radius 1 is 0.638 bits per heavy atom. The van der Waals surface area contributed by atoms with Crippen molar-refractivity contribution >= 4 is 70.9 Å². The summed E-state index contributed by atoms with van der Waals surface area (Å²) in [6, 6.07) is -6.70. The van der Waals surface area contributed by atoms with Crippen molar-refractivity contribution in [2.45, 2.75) is 127 Å². The minimum absolute atomic E-state index is 0.00569. The van der Waals surface area contributed by atoms with E-state index < -0.39 is 152 Å². The van der Waals surface area contributed by atoms with Gasteiger partial charge in [-0.25, -0.2) is 4.79 Å². The number of benzene rings is 1. The third kappa shape index (κ3) is 22.7. The number of primary amides is 1. The molecule has 9 amide bonds. The van der Waals surface area contributed by atoms with Crippen molar-refractivity contribution in [1.82, 2.24) is 42.5 Å². The molecule has 0 spiro atoms. The van der Waals surface area contributed by atoms with Gasteiger partial charge in [0.25, 0.3) is 0 Å². The first-order valence-electron chi connectivity index (χ1n) is 21.9. The molecule has 0 saturated heterocycles. The molecule has 19 N–H and O–H groups in total. The third-order valence-electron chi connectivity index (χ3n) is 10.0. The van der Waals surface area contributed by atoms with E-state index in [0.29, 0.717) is 11.3 Å². The largest absolute Gasteiger partial charge is 0.508 e. The summed E-state index contributed by atoms with van der Waals surface area (Å²) < 4.78 is 0. The number of aliphatic hydroxyl groups excluding tert-OH is 3. The van der Waals surface area contributed by atoms with Crippen molar-refractivity contribution in [3.05, 3.63) is 29.8 Å². The molecule has 0 aliphatic carbocycles. The summed E-state index contributed by atoms with van der Waals surface area (Å²) in [5.41, 5.74) is 17.0. The number of hydrogen-bond acceptors (Lipinski definition) is 17. The Kier molecular flexibility index (Phi) is 26.8. The van der Waals surface area contributed by atoms with Crippen LogP contribution in [-0.4, -0.2) is 170 Å². The quantitative estimate of drug-likeness (QED) is 0.0308. The molecule has 10 atom stereocenters. The molecule has 1 aromatic rings. The highest BCUT2D eigenvalue weighted by Crippen LogP contribution is 2.13. The van der Waals surface area contributed by atoms with E-state index in [2.05, 4.69) is 42.5 Å². The number of carbonyl (C=O) groups excluding carboxylic acids is 9. The van der Waals surface area contributed by atoms with Crippen LogP contribution in [0.2, 0.25) is 0 Å². The lowest BCUT2D eigenvalue weighted by molar-refractivity contribution is -0.142. The predicted molar refractivity (Wildman–Crippen MR) is 249 cm³/mol. The van der Waals surface area contributed by atoms with E-state index in [0.717, 1.165) is 6.92 Å². The van der Waals surface area contributed by atoms with Crippen LogP contribution < -0.4 is 59.7 Å². The zero-order valence-corrected chi connectivity index (χ0v) is 40.2. The van der Waals surface area contributed by atoms with E-state index in [1.807, 2.05) is 0 Å². The van der Waals surface area contributed by atoms with Crippen LogP contribution in [0.1, 0.15) is 65.9 Å². The van der Waals surface area contributed by atoms with Gasteiger partial charge in [-0.2, -0.15) is 11.8 Å². The summed E-state index contributed by atoms with van der Waals surface area (Å²) in [6.07, 6.45) is -3.36. The number of phenolic OH excluding ortho intramolecular Hbond substituents is 1. The van der Waals surface area contributed by atoms with Crippen LogP contribution in [-0.2, 0) is 54.4 Å². The fourth-order valence-electron chi connectivity index (χ4n) is 6.30. The maximum absolute atomic E-state index is 13.8. The van der Waals surface area contributed by atoms with Crippen LogP contribution in [0.5, 0.6) is 5.75 Å². The number of nitrogens with one attached hydrogen (secondary N) is 8. The van der Waals surface area contributed by atoms with Gasteiger partial charge >= 0.3 is 5.97 Å². The fourth-order valence-corrected chi connectivity index (χ4v) is 6.77. The first kappa shape index (κ1) is 60.9. The van der Waals surface area contributed by atoms with E-state index in [4.69, 9.17) is 17.2 Å². The topological polar surface area (TPSA) is 446 Å². The van der Waals surface area contributed by atoms with E-state index in [1.54, 1.807) is 20.1 Å². The lowest BCUT2D eigenvalue weighted by Gasteiger charge is -2.29. The number of aliphatic hydroxyl groups is 3. The number of hydrogen-bond donors (Lipinski definition) is 16. The lowest BCUT2D eigenvalue weighted by atomic mass is 10.00. The molecular formula is C42H69N11O15S. The number of aromatic hydroxyl groups is 1. The van der Waals surface area contributed by atoms with Crippen molar-refractivity contribution in [1.29, 1.82) is 0 Å². The number of aliphatic carboxylic acids is 1. The summed E-state index contributed by atoms with van der Waals surface area (Å²) in [4.78, 5) is 131. The molecule has 26 nitrogen and oxygen atoms in total. The van der Waals surface area contributed by atoms with Gasteiger partial charge in [0.15, 0.2) is 0 Å². The average molecular weight is 1000 g/mol. The highest BCUT2D eigenvalue weighted by molar-refractivity contribution is 7.98. The number of phenols is 1. The van der Waals surface area contributed by atoms with Gasteiger partial charge in [-0.15, -0.1) is 0 Å². The number of carbonyl (C=O) groups is 10. The van der Waals surface area contributed by atoms with Crippen molar-refractivity contribution in [2.75, 3.05) is 25.2 Å². The van der Waals surface area contributed by atoms with Gasteiger partial charge in [0.1, 0.15) is 60.3 Å². The smallest absolute Gasteiger partial charge is 0.326 e. The first-order valence-corrected chi connectivity index (χ1v) is 23.3. The number of amides is 9. The van der Waals surface area contributed by atoms with Crippen molar-refractivity contribution in [3.8, 4) is 5.75 Å². The molecule has 0 aliphatic rings. The van der Waals surface area contributed by atoms with Gasteiger partial charge in [0, 0.05) is 12.8 Å². The second kappa shape index (κ2) is 30.4. The monoisotopic (exact) mass is 999 g/mol. The standard InChI is InChI=1S/C42H69N11O15S/c1-19(2)13-29(42(67)68)47-32(59)17-46-36(61)25(11-12-69-6)48-37(62)27(15-30(44)57)51-41(66)34(21(5)55)53-39(64)28(16-31(45)58)50-40(65)33(20(3)4)52-38(63)26(49-35(60)24(43)18-54)14-22-7-9-23(56)10-8-22/h7-10,19-21,24-30,33-34,54-57H,11-18,43-44H2,1-6H3,(H2,45,58)(H,46,61)(H,47,59)(H,48,62)(H,49,60)(H,50,65)(H,51,66)(H,52,63)(H,53,64)(H,67,68)/t21-,24+,25+,26+,27+,28+,29+,30?,33+,34+/m1/s1. The van der Waals surface area contributed by atoms with Gasteiger partial charge < -0.3 is 85.3 Å². The summed E-state index contributed by atoms with van der Waals surface area (Å²) in [7, 11) is 0. The molecule has 0 heterocycles. The highest BCUT2D eigenvalue weighted by Gasteiger charge is 2.37. The molecule has 1 rings (SSSR count). The summed E-state index contributed by atoms with van der Waals surface area (Å²) >= 11 is 1.30. The van der Waals surface area contributed by atoms with Crippen LogP contribution in [0.15, 0.2) is 24.3 Å². The summed E-state index contributed by atoms with van der Waals surface area (Å²) in [5.74, 6) is -11.1. The Labute approximate surface area is 403 Å². The molecule has 1 unspecified atom stereocenters. The third-order valence-corrected chi connectivity index (χ3v) is 10.7. The summed E-state index contributed by atoms with van der Waals surface area (Å²) in [6.45, 7) is 6.21. The number of carboxylic acid groups (broad SMARTS) is 1. The van der Waals surface area contributed by atoms with Gasteiger partial charge in [-0.05, 0) is 61.3 Å². The number of carboxylic acids is 1. The zero-order valence-electron chi connectivity index (χ0n) is 39.4. The van der Waals surface area contributed by atoms with Crippen molar-refractivity contribution in [3.63, 3.8) is 0 Å². The van der Waals surface area contributed by atoms with E-state index in [1.165, 1.54) is 49.9 Å². The van der Waals surface area contributed by atoms with E-state index in [-0.39, 0.29) is 30.9 Å². The second-order valence-corrected chi connectivity index (χ2v) is 17.9. The average Bonchev–Trinajstić information content (AvgIpc) is 3.26. The SMILES string of the molecule is CSCC[C@H](NC(=O)[C@H](CC(N)O)NC(=O)[C@@H](NC(=O)[C@H](CC(N)=O)NC(=O)[C@@H](NC(=O)[C@H](Cc1ccc(O)cc1)NC(=O)[C@@H](N)CO)C(C)C)[C@@H](C)O)C(=O)NCC(=O)N[C@@H](CC(C)C)C(=O)O. The van der Waals surface area contributed by atoms with Crippen LogP contribution >= 0.6 is 11.8 Å². The molecule has 0 bridgehead atoms. The normalized spacial score (nSPS) is 15.6. The van der Waals surface area contributed by atoms with Crippen LogP contribution in [0.25, 0.3) is 0 Å². The van der Waals surface area contributed by atoms with Crippen LogP contribution in [0, 0.1) is 11.8 Å². The number of nitrogens with two attached hydrogens (primary N) is 3. The molecule has 27 heteroatoms. The van der Waals surface area contributed by atoms with Gasteiger partial charge in [-0.1, -0.05) is 39.8 Å². The zero-order chi connectivity index (χ0) is 52.7. The van der Waals surface area contributed by atoms with Gasteiger partial charge in [-0.3, -0.25) is 43.2 Å². The lowest BCUT2D eigenvalue weighted by Crippen LogP contribution is -2.63. The maximum atomic E-state index is 13.8. The van der Waals surface area contributed by atoms with Crippen LogP contribution in [0.4, 0.5) is 0 Å². The fraction of sp³-hybridized carbons (Fsp3) is 0.619. The second-order valence-electron chi connectivity index (χ2n) is 16.9. The molecule has 1 aromatic carbocycles. The Morgan fingerprint density at radius 2 is 1.16 bits per heavy atom. The number of thioether (sulfide) groups is 1. The molecule has 69 heavy (non-hydrogen) atoms. The minimum Gasteiger partial charge on any atom is -0.508 e. The van der Waals surface area contributed by atoms with E-state index in [9.17, 15) is 73.5 Å². The van der Waals surface area contributed by atoms with Crippen molar-refractivity contribution in [2.24, 2.45) is 29.0 Å². The minimum atomic E-state index is -1.93. The molecule has 0 aliphatic heterocycles. The van der Waals surface area contributed by atoms with Crippen molar-refractivity contribution < 1.29 is 73.5 Å². The Hall–Kier alpha value is -6.13. The van der Waals surface area contributed by atoms with Gasteiger partial charge in [0.05, 0.1) is 25.7 Å². The Bertz CT molecular complexity index is 1920. The van der Waals surface area contributed by atoms with E-state index >= 15 is 0 Å². The van der Waals surface area contributed by atoms with Gasteiger partial charge in [0.2, 0.25) is 53.2 Å². The predicted octanol–water partition coefficient (Wildman–Crippen LogP) is -5.77. The Balaban J connectivity index is 3.30. The van der Waals surface area contributed by atoms with Crippen LogP contribution in [0.3, 0.4) is 0 Å². The molecule has 0 aromatic heterocycles. The first-order chi connectivity index (χ1) is 32.2. The molecule has 388 valence electrons. The maximum Gasteiger partial charge on any atom is 0.326 e. The summed E-state index contributed by atoms with van der Waals surface area (Å²) in [5, 5.41) is 67.9. The molecular weight excluding hydrogens is 931 g/mol.